The highest BCUT2D eigenvalue weighted by molar-refractivity contribution is 5.83. The Hall–Kier alpha value is -1.69. The van der Waals surface area contributed by atoms with E-state index in [2.05, 4.69) is 33.1 Å². The van der Waals surface area contributed by atoms with Crippen LogP contribution in [0, 0.1) is 0 Å². The molecular formula is C16H23N5O. The molecule has 2 saturated heterocycles. The molecule has 0 radical (unpaired) electrons. The minimum Gasteiger partial charge on any atom is -0.352 e. The summed E-state index contributed by atoms with van der Waals surface area (Å²) in [4.78, 5) is 18.5. The molecule has 0 aromatic carbocycles. The van der Waals surface area contributed by atoms with Gasteiger partial charge in [-0.3, -0.25) is 9.69 Å². The number of rotatable bonds is 3. The number of fused-ring (bicyclic) bond motifs is 1. The van der Waals surface area contributed by atoms with Crippen LogP contribution in [0.15, 0.2) is 6.07 Å². The third-order valence-corrected chi connectivity index (χ3v) is 5.46. The van der Waals surface area contributed by atoms with Gasteiger partial charge in [0, 0.05) is 32.7 Å². The van der Waals surface area contributed by atoms with Crippen molar-refractivity contribution in [2.45, 2.75) is 37.8 Å². The number of likely N-dealkylation sites (tertiary alicyclic amines) is 1. The highest BCUT2D eigenvalue weighted by atomic mass is 16.2. The number of aryl methyl sites for hydroxylation is 2. The van der Waals surface area contributed by atoms with E-state index in [1.807, 2.05) is 11.9 Å². The Kier molecular flexibility index (Phi) is 3.29. The fourth-order valence-electron chi connectivity index (χ4n) is 3.81. The first kappa shape index (κ1) is 13.9. The molecule has 0 bridgehead atoms. The molecule has 4 rings (SSSR count). The number of carbonyl (C=O) groups excluding carboxylic acids is 1. The van der Waals surface area contributed by atoms with E-state index >= 15 is 0 Å². The third-order valence-electron chi connectivity index (χ3n) is 5.46. The number of hydrogen-bond donors (Lipinski definition) is 0. The second-order valence-corrected chi connectivity index (χ2v) is 6.82. The van der Waals surface area contributed by atoms with Crippen molar-refractivity contribution in [1.29, 1.82) is 0 Å². The molecule has 1 unspecified atom stereocenters. The Balaban J connectivity index is 1.39. The standard InChI is InChI=1S/C16H23N5O/c1-19-7-6-14(16(19)22)20(2)12-9-21(10-12)15-8-11-4-3-5-13(11)17-18-15/h8,12,14H,3-7,9-10H2,1-2H3. The van der Waals surface area contributed by atoms with Crippen molar-refractivity contribution in [3.05, 3.63) is 17.3 Å². The molecule has 118 valence electrons. The molecule has 0 N–H and O–H groups in total. The first-order chi connectivity index (χ1) is 10.6. The summed E-state index contributed by atoms with van der Waals surface area (Å²) in [6, 6.07) is 2.71. The number of anilines is 1. The lowest BCUT2D eigenvalue weighted by Crippen LogP contribution is -2.61. The van der Waals surface area contributed by atoms with Gasteiger partial charge in [0.15, 0.2) is 5.82 Å². The van der Waals surface area contributed by atoms with Crippen LogP contribution in [0.3, 0.4) is 0 Å². The van der Waals surface area contributed by atoms with Gasteiger partial charge in [0.1, 0.15) is 0 Å². The molecule has 2 aliphatic heterocycles. The van der Waals surface area contributed by atoms with Gasteiger partial charge in [0.2, 0.25) is 5.91 Å². The molecule has 1 aromatic heterocycles. The molecule has 1 amide bonds. The van der Waals surface area contributed by atoms with Crippen LogP contribution in [0.25, 0.3) is 0 Å². The normalized spacial score (nSPS) is 25.0. The summed E-state index contributed by atoms with van der Waals surface area (Å²) in [6.07, 6.45) is 4.36. The van der Waals surface area contributed by atoms with E-state index in [1.165, 1.54) is 17.7 Å². The number of nitrogens with zero attached hydrogens (tertiary/aromatic N) is 5. The Morgan fingerprint density at radius 3 is 2.82 bits per heavy atom. The second-order valence-electron chi connectivity index (χ2n) is 6.82. The van der Waals surface area contributed by atoms with Crippen LogP contribution in [-0.4, -0.2) is 71.7 Å². The van der Waals surface area contributed by atoms with E-state index in [0.717, 1.165) is 44.7 Å². The van der Waals surface area contributed by atoms with Crippen molar-refractivity contribution < 1.29 is 4.79 Å². The first-order valence-electron chi connectivity index (χ1n) is 8.21. The number of hydrogen-bond acceptors (Lipinski definition) is 5. The molecule has 1 aromatic rings. The molecule has 0 spiro atoms. The van der Waals surface area contributed by atoms with Gasteiger partial charge in [-0.05, 0) is 44.4 Å². The summed E-state index contributed by atoms with van der Waals surface area (Å²) in [5, 5.41) is 8.74. The van der Waals surface area contributed by atoms with Gasteiger partial charge in [0.25, 0.3) is 0 Å². The number of carbonyl (C=O) groups is 1. The summed E-state index contributed by atoms with van der Waals surface area (Å²) >= 11 is 0. The van der Waals surface area contributed by atoms with Gasteiger partial charge in [-0.2, -0.15) is 5.10 Å². The third kappa shape index (κ3) is 2.17. The highest BCUT2D eigenvalue weighted by Gasteiger charge is 2.40. The summed E-state index contributed by atoms with van der Waals surface area (Å²) in [7, 11) is 3.97. The molecule has 6 heteroatoms. The molecular weight excluding hydrogens is 278 g/mol. The number of likely N-dealkylation sites (N-methyl/N-ethyl adjacent to an activating group) is 2. The van der Waals surface area contributed by atoms with E-state index in [9.17, 15) is 4.79 Å². The zero-order valence-electron chi connectivity index (χ0n) is 13.3. The monoisotopic (exact) mass is 301 g/mol. The molecule has 3 heterocycles. The maximum Gasteiger partial charge on any atom is 0.239 e. The SMILES string of the molecule is CN1CCC(N(C)C2CN(c3cc4c(nn3)CCC4)C2)C1=O. The summed E-state index contributed by atoms with van der Waals surface area (Å²) in [5.74, 6) is 1.26. The lowest BCUT2D eigenvalue weighted by atomic mass is 10.0. The van der Waals surface area contributed by atoms with Crippen molar-refractivity contribution in [1.82, 2.24) is 20.0 Å². The predicted octanol–water partition coefficient (Wildman–Crippen LogP) is 0.316. The first-order valence-corrected chi connectivity index (χ1v) is 8.21. The highest BCUT2D eigenvalue weighted by Crippen LogP contribution is 2.28. The second kappa shape index (κ2) is 5.19. The Bertz CT molecular complexity index is 598. The number of amides is 1. The smallest absolute Gasteiger partial charge is 0.239 e. The average Bonchev–Trinajstić information content (AvgIpc) is 3.04. The molecule has 6 nitrogen and oxygen atoms in total. The van der Waals surface area contributed by atoms with Crippen LogP contribution < -0.4 is 4.90 Å². The van der Waals surface area contributed by atoms with Gasteiger partial charge in [0.05, 0.1) is 11.7 Å². The molecule has 3 aliphatic rings. The van der Waals surface area contributed by atoms with Gasteiger partial charge < -0.3 is 9.80 Å². The lowest BCUT2D eigenvalue weighted by molar-refractivity contribution is -0.131. The van der Waals surface area contributed by atoms with Crippen molar-refractivity contribution in [2.75, 3.05) is 38.6 Å². The maximum atomic E-state index is 12.1. The van der Waals surface area contributed by atoms with Gasteiger partial charge in [-0.15, -0.1) is 5.10 Å². The minimum absolute atomic E-state index is 0.0586. The van der Waals surface area contributed by atoms with Crippen LogP contribution in [0.5, 0.6) is 0 Å². The summed E-state index contributed by atoms with van der Waals surface area (Å²) in [5.41, 5.74) is 2.55. The zero-order valence-corrected chi connectivity index (χ0v) is 13.3. The fraction of sp³-hybridized carbons (Fsp3) is 0.688. The fourth-order valence-corrected chi connectivity index (χ4v) is 3.81. The van der Waals surface area contributed by atoms with Crippen LogP contribution >= 0.6 is 0 Å². The Morgan fingerprint density at radius 1 is 1.27 bits per heavy atom. The van der Waals surface area contributed by atoms with Gasteiger partial charge >= 0.3 is 0 Å². The molecule has 0 saturated carbocycles. The molecule has 1 aliphatic carbocycles. The molecule has 1 atom stereocenters. The average molecular weight is 301 g/mol. The Labute approximate surface area is 131 Å². The van der Waals surface area contributed by atoms with Crippen molar-refractivity contribution >= 4 is 11.7 Å². The van der Waals surface area contributed by atoms with Crippen LogP contribution in [0.1, 0.15) is 24.1 Å². The van der Waals surface area contributed by atoms with Crippen LogP contribution in [0.2, 0.25) is 0 Å². The number of aromatic nitrogens is 2. The van der Waals surface area contributed by atoms with Gasteiger partial charge in [-0.25, -0.2) is 0 Å². The van der Waals surface area contributed by atoms with E-state index in [0.29, 0.717) is 6.04 Å². The summed E-state index contributed by atoms with van der Waals surface area (Å²) in [6.45, 7) is 2.76. The topological polar surface area (TPSA) is 52.6 Å². The molecule has 2 fully saturated rings. The quantitative estimate of drug-likeness (QED) is 0.804. The van der Waals surface area contributed by atoms with Crippen molar-refractivity contribution in [3.8, 4) is 0 Å². The zero-order chi connectivity index (χ0) is 15.3. The van der Waals surface area contributed by atoms with E-state index < -0.39 is 0 Å². The van der Waals surface area contributed by atoms with Crippen molar-refractivity contribution in [2.24, 2.45) is 0 Å². The lowest BCUT2D eigenvalue weighted by Gasteiger charge is -2.46. The predicted molar refractivity (Wildman–Crippen MR) is 83.9 cm³/mol. The Morgan fingerprint density at radius 2 is 2.09 bits per heavy atom. The molecule has 22 heavy (non-hydrogen) atoms. The van der Waals surface area contributed by atoms with E-state index in [4.69, 9.17) is 0 Å². The van der Waals surface area contributed by atoms with Crippen molar-refractivity contribution in [3.63, 3.8) is 0 Å². The largest absolute Gasteiger partial charge is 0.352 e. The van der Waals surface area contributed by atoms with Gasteiger partial charge in [-0.1, -0.05) is 0 Å². The summed E-state index contributed by atoms with van der Waals surface area (Å²) < 4.78 is 0. The minimum atomic E-state index is 0.0586. The van der Waals surface area contributed by atoms with Crippen LogP contribution in [0.4, 0.5) is 5.82 Å². The van der Waals surface area contributed by atoms with E-state index in [-0.39, 0.29) is 11.9 Å². The van der Waals surface area contributed by atoms with E-state index in [1.54, 1.807) is 0 Å². The van der Waals surface area contributed by atoms with Crippen LogP contribution in [-0.2, 0) is 17.6 Å². The maximum absolute atomic E-state index is 12.1.